The van der Waals surface area contributed by atoms with E-state index in [0.29, 0.717) is 5.69 Å². The lowest BCUT2D eigenvalue weighted by Crippen LogP contribution is -2.50. The highest BCUT2D eigenvalue weighted by molar-refractivity contribution is 7.98. The van der Waals surface area contributed by atoms with Crippen molar-refractivity contribution in [3.63, 3.8) is 0 Å². The molecule has 1 saturated heterocycles. The van der Waals surface area contributed by atoms with Crippen LogP contribution in [0.15, 0.2) is 63.2 Å². The predicted octanol–water partition coefficient (Wildman–Crippen LogP) is 2.06. The van der Waals surface area contributed by atoms with Gasteiger partial charge in [0.25, 0.3) is 0 Å². The van der Waals surface area contributed by atoms with Crippen molar-refractivity contribution in [3.05, 3.63) is 48.5 Å². The Hall–Kier alpha value is -1.92. The van der Waals surface area contributed by atoms with Crippen LogP contribution in [-0.4, -0.2) is 63.8 Å². The van der Waals surface area contributed by atoms with Crippen molar-refractivity contribution < 1.29 is 21.6 Å². The lowest BCUT2D eigenvalue weighted by atomic mass is 10.3. The van der Waals surface area contributed by atoms with Crippen LogP contribution >= 0.6 is 11.8 Å². The van der Waals surface area contributed by atoms with Gasteiger partial charge in [-0.3, -0.25) is 4.79 Å². The van der Waals surface area contributed by atoms with Gasteiger partial charge < -0.3 is 5.32 Å². The number of rotatable bonds is 6. The number of carbonyl (C=O) groups is 1. The van der Waals surface area contributed by atoms with Gasteiger partial charge in [-0.1, -0.05) is 18.2 Å². The molecule has 0 saturated carbocycles. The number of nitrogens with one attached hydrogen (secondary N) is 1. The SMILES string of the molecule is CSc1ccc(S(=O)(=O)N2CCN(S(=O)(=O)c3ccccc3)CC2)cc1NC(C)=O. The van der Waals surface area contributed by atoms with Gasteiger partial charge in [-0.05, 0) is 36.6 Å². The van der Waals surface area contributed by atoms with Crippen LogP contribution < -0.4 is 5.32 Å². The highest BCUT2D eigenvalue weighted by atomic mass is 32.2. The second-order valence-electron chi connectivity index (χ2n) is 6.66. The maximum Gasteiger partial charge on any atom is 0.243 e. The van der Waals surface area contributed by atoms with Crippen LogP contribution in [0.3, 0.4) is 0 Å². The number of benzene rings is 2. The van der Waals surface area contributed by atoms with E-state index in [2.05, 4.69) is 5.32 Å². The number of piperazine rings is 1. The molecule has 0 atom stereocenters. The second-order valence-corrected chi connectivity index (χ2v) is 11.4. The molecule has 0 aromatic heterocycles. The third kappa shape index (κ3) is 4.70. The summed E-state index contributed by atoms with van der Waals surface area (Å²) in [5, 5.41) is 2.65. The minimum absolute atomic E-state index is 0.0497. The molecule has 8 nitrogen and oxygen atoms in total. The van der Waals surface area contributed by atoms with Crippen LogP contribution in [0.5, 0.6) is 0 Å². The number of thioether (sulfide) groups is 1. The van der Waals surface area contributed by atoms with Gasteiger partial charge in [0, 0.05) is 38.0 Å². The quantitative estimate of drug-likeness (QED) is 0.650. The van der Waals surface area contributed by atoms with Gasteiger partial charge in [0.05, 0.1) is 15.5 Å². The van der Waals surface area contributed by atoms with Gasteiger partial charge >= 0.3 is 0 Å². The first-order chi connectivity index (χ1) is 14.2. The first-order valence-corrected chi connectivity index (χ1v) is 13.3. The van der Waals surface area contributed by atoms with E-state index < -0.39 is 20.0 Å². The minimum atomic E-state index is -3.83. The Morgan fingerprint density at radius 3 is 1.90 bits per heavy atom. The van der Waals surface area contributed by atoms with Crippen LogP contribution in [0.2, 0.25) is 0 Å². The summed E-state index contributed by atoms with van der Waals surface area (Å²) in [6, 6.07) is 12.7. The van der Waals surface area contributed by atoms with Gasteiger partial charge in [-0.15, -0.1) is 11.8 Å². The van der Waals surface area contributed by atoms with Crippen LogP contribution in [-0.2, 0) is 24.8 Å². The molecular formula is C19H23N3O5S3. The summed E-state index contributed by atoms with van der Waals surface area (Å²) < 4.78 is 54.2. The second kappa shape index (κ2) is 9.06. The summed E-state index contributed by atoms with van der Waals surface area (Å²) >= 11 is 1.40. The van der Waals surface area contributed by atoms with Crippen molar-refractivity contribution in [2.45, 2.75) is 21.6 Å². The molecule has 0 unspecified atom stereocenters. The molecular weight excluding hydrogens is 446 g/mol. The highest BCUT2D eigenvalue weighted by Gasteiger charge is 2.34. The average Bonchev–Trinajstić information content (AvgIpc) is 2.74. The van der Waals surface area contributed by atoms with Gasteiger partial charge in [0.15, 0.2) is 0 Å². The number of sulfonamides is 2. The van der Waals surface area contributed by atoms with Crippen molar-refractivity contribution in [2.24, 2.45) is 0 Å². The first-order valence-electron chi connectivity index (χ1n) is 9.17. The van der Waals surface area contributed by atoms with Crippen molar-refractivity contribution in [3.8, 4) is 0 Å². The largest absolute Gasteiger partial charge is 0.325 e. The Bertz CT molecular complexity index is 1130. The lowest BCUT2D eigenvalue weighted by molar-refractivity contribution is -0.114. The van der Waals surface area contributed by atoms with Crippen LogP contribution in [0.4, 0.5) is 5.69 Å². The number of hydrogen-bond donors (Lipinski definition) is 1. The first kappa shape index (κ1) is 22.8. The van der Waals surface area contributed by atoms with E-state index >= 15 is 0 Å². The fourth-order valence-electron chi connectivity index (χ4n) is 3.18. The molecule has 162 valence electrons. The van der Waals surface area contributed by atoms with Gasteiger partial charge in [0.2, 0.25) is 26.0 Å². The third-order valence-corrected chi connectivity index (χ3v) is 9.30. The highest BCUT2D eigenvalue weighted by Crippen LogP contribution is 2.30. The zero-order chi connectivity index (χ0) is 21.9. The Morgan fingerprint density at radius 1 is 0.867 bits per heavy atom. The zero-order valence-corrected chi connectivity index (χ0v) is 19.1. The molecule has 1 amide bonds. The van der Waals surface area contributed by atoms with E-state index in [1.807, 2.05) is 6.26 Å². The standard InChI is InChI=1S/C19H23N3O5S3/c1-15(23)20-18-14-17(8-9-19(18)28-2)30(26,27)22-12-10-21(11-13-22)29(24,25)16-6-4-3-5-7-16/h3-9,14H,10-13H2,1-2H3,(H,20,23). The molecule has 1 fully saturated rings. The molecule has 0 bridgehead atoms. The molecule has 1 N–H and O–H groups in total. The maximum absolute atomic E-state index is 13.1. The van der Waals surface area contributed by atoms with Crippen molar-refractivity contribution in [1.82, 2.24) is 8.61 Å². The summed E-state index contributed by atoms with van der Waals surface area (Å²) in [5.41, 5.74) is 0.432. The van der Waals surface area contributed by atoms with E-state index in [-0.39, 0.29) is 41.9 Å². The Labute approximate surface area is 181 Å². The normalized spacial score (nSPS) is 16.3. The monoisotopic (exact) mass is 469 g/mol. The molecule has 0 radical (unpaired) electrons. The van der Waals surface area contributed by atoms with Crippen LogP contribution in [0.1, 0.15) is 6.92 Å². The number of hydrogen-bond acceptors (Lipinski definition) is 6. The molecule has 1 aliphatic rings. The van der Waals surface area contributed by atoms with E-state index in [1.165, 1.54) is 51.6 Å². The Balaban J connectivity index is 1.79. The maximum atomic E-state index is 13.1. The number of carbonyl (C=O) groups excluding carboxylic acids is 1. The Morgan fingerprint density at radius 2 is 1.40 bits per heavy atom. The molecule has 0 aliphatic carbocycles. The van der Waals surface area contributed by atoms with Crippen molar-refractivity contribution in [1.29, 1.82) is 0 Å². The van der Waals surface area contributed by atoms with E-state index in [1.54, 1.807) is 24.3 Å². The fraction of sp³-hybridized carbons (Fsp3) is 0.316. The van der Waals surface area contributed by atoms with Gasteiger partial charge in [-0.25, -0.2) is 16.8 Å². The average molecular weight is 470 g/mol. The van der Waals surface area contributed by atoms with E-state index in [0.717, 1.165) is 4.90 Å². The lowest BCUT2D eigenvalue weighted by Gasteiger charge is -2.33. The Kier molecular flexibility index (Phi) is 6.88. The predicted molar refractivity (Wildman–Crippen MR) is 116 cm³/mol. The number of nitrogens with zero attached hydrogens (tertiary/aromatic N) is 2. The van der Waals surface area contributed by atoms with E-state index in [4.69, 9.17) is 0 Å². The van der Waals surface area contributed by atoms with Crippen molar-refractivity contribution in [2.75, 3.05) is 37.8 Å². The minimum Gasteiger partial charge on any atom is -0.325 e. The molecule has 2 aromatic carbocycles. The number of amides is 1. The molecule has 0 spiro atoms. The van der Waals surface area contributed by atoms with Crippen LogP contribution in [0.25, 0.3) is 0 Å². The van der Waals surface area contributed by atoms with Gasteiger partial charge in [-0.2, -0.15) is 8.61 Å². The smallest absolute Gasteiger partial charge is 0.243 e. The topological polar surface area (TPSA) is 104 Å². The zero-order valence-electron chi connectivity index (χ0n) is 16.6. The summed E-state index contributed by atoms with van der Waals surface area (Å²) in [7, 11) is -7.49. The van der Waals surface area contributed by atoms with E-state index in [9.17, 15) is 21.6 Å². The number of anilines is 1. The third-order valence-electron chi connectivity index (χ3n) is 4.70. The van der Waals surface area contributed by atoms with Crippen molar-refractivity contribution >= 4 is 43.4 Å². The summed E-state index contributed by atoms with van der Waals surface area (Å²) in [6.45, 7) is 1.59. The fourth-order valence-corrected chi connectivity index (χ4v) is 6.60. The van der Waals surface area contributed by atoms with Gasteiger partial charge in [0.1, 0.15) is 0 Å². The summed E-state index contributed by atoms with van der Waals surface area (Å²) in [5.74, 6) is -0.292. The summed E-state index contributed by atoms with van der Waals surface area (Å²) in [6.07, 6.45) is 1.83. The molecule has 1 aliphatic heterocycles. The molecule has 2 aromatic rings. The van der Waals surface area contributed by atoms with Crippen LogP contribution in [0, 0.1) is 0 Å². The molecule has 11 heteroatoms. The molecule has 3 rings (SSSR count). The summed E-state index contributed by atoms with van der Waals surface area (Å²) in [4.78, 5) is 12.4. The molecule has 1 heterocycles. The molecule has 30 heavy (non-hydrogen) atoms.